The van der Waals surface area contributed by atoms with E-state index >= 15 is 0 Å². The fraction of sp³-hybridized carbons (Fsp3) is 0.294. The van der Waals surface area contributed by atoms with E-state index in [2.05, 4.69) is 5.32 Å². The summed E-state index contributed by atoms with van der Waals surface area (Å²) in [6, 6.07) is 6.37. The van der Waals surface area contributed by atoms with Gasteiger partial charge in [-0.15, -0.1) is 0 Å². The Bertz CT molecular complexity index is 725. The van der Waals surface area contributed by atoms with Gasteiger partial charge in [0.15, 0.2) is 18.1 Å². The zero-order valence-electron chi connectivity index (χ0n) is 14.2. The van der Waals surface area contributed by atoms with Crippen LogP contribution in [0.25, 0.3) is 0 Å². The van der Waals surface area contributed by atoms with E-state index in [0.717, 1.165) is 0 Å². The van der Waals surface area contributed by atoms with Crippen LogP contribution in [0.2, 0.25) is 0 Å². The van der Waals surface area contributed by atoms with E-state index in [1.54, 1.807) is 12.1 Å². The molecule has 0 aliphatic carbocycles. The molecule has 0 aliphatic heterocycles. The molecule has 1 amide bonds. The van der Waals surface area contributed by atoms with Gasteiger partial charge in [0.25, 0.3) is 5.91 Å². The van der Waals surface area contributed by atoms with Crippen molar-refractivity contribution >= 4 is 11.9 Å². The summed E-state index contributed by atoms with van der Waals surface area (Å²) < 4.78 is 25.6. The number of nitrogens with one attached hydrogen (secondary N) is 1. The Morgan fingerprint density at radius 2 is 1.72 bits per heavy atom. The van der Waals surface area contributed by atoms with E-state index < -0.39 is 18.5 Å². The summed E-state index contributed by atoms with van der Waals surface area (Å²) in [5.74, 6) is 0.430. The van der Waals surface area contributed by atoms with Crippen LogP contribution < -0.4 is 19.5 Å². The summed E-state index contributed by atoms with van der Waals surface area (Å²) >= 11 is 0. The number of benzene rings is 1. The average Bonchev–Trinajstić information content (AvgIpc) is 3.16. The van der Waals surface area contributed by atoms with Crippen LogP contribution in [0.1, 0.15) is 16.1 Å². The highest BCUT2D eigenvalue weighted by atomic mass is 16.5. The first-order valence-corrected chi connectivity index (χ1v) is 7.35. The SMILES string of the molecule is COc1cc(OC)c(C(=O)OCC(=O)NCc2ccco2)cc1OC. The number of carbonyl (C=O) groups excluding carboxylic acids is 2. The van der Waals surface area contributed by atoms with E-state index in [9.17, 15) is 9.59 Å². The summed E-state index contributed by atoms with van der Waals surface area (Å²) in [5, 5.41) is 2.58. The molecule has 0 aliphatic rings. The Balaban J connectivity index is 1.98. The number of amides is 1. The Morgan fingerprint density at radius 3 is 2.32 bits per heavy atom. The molecule has 0 fully saturated rings. The number of methoxy groups -OCH3 is 3. The topological polar surface area (TPSA) is 96.2 Å². The fourth-order valence-corrected chi connectivity index (χ4v) is 2.05. The molecule has 0 saturated carbocycles. The van der Waals surface area contributed by atoms with Crippen LogP contribution in [0.4, 0.5) is 0 Å². The van der Waals surface area contributed by atoms with Gasteiger partial charge in [0.05, 0.1) is 34.1 Å². The zero-order chi connectivity index (χ0) is 18.2. The van der Waals surface area contributed by atoms with Crippen molar-refractivity contribution in [2.45, 2.75) is 6.54 Å². The molecule has 1 aromatic carbocycles. The molecule has 134 valence electrons. The number of rotatable bonds is 8. The first-order chi connectivity index (χ1) is 12.1. The minimum absolute atomic E-state index is 0.124. The van der Waals surface area contributed by atoms with Crippen molar-refractivity contribution in [1.82, 2.24) is 5.32 Å². The first-order valence-electron chi connectivity index (χ1n) is 7.35. The molecule has 0 spiro atoms. The van der Waals surface area contributed by atoms with E-state index in [0.29, 0.717) is 17.3 Å². The number of hydrogen-bond acceptors (Lipinski definition) is 7. The predicted molar refractivity (Wildman–Crippen MR) is 86.9 cm³/mol. The lowest BCUT2D eigenvalue weighted by Crippen LogP contribution is -2.28. The van der Waals surface area contributed by atoms with Gasteiger partial charge < -0.3 is 28.7 Å². The Labute approximate surface area is 144 Å². The third-order valence-corrected chi connectivity index (χ3v) is 3.30. The third kappa shape index (κ3) is 4.66. The molecule has 8 nitrogen and oxygen atoms in total. The minimum atomic E-state index is -0.717. The molecule has 2 rings (SSSR count). The number of esters is 1. The molecule has 0 unspecified atom stereocenters. The van der Waals surface area contributed by atoms with Crippen LogP contribution in [0.15, 0.2) is 34.9 Å². The van der Waals surface area contributed by atoms with Crippen LogP contribution >= 0.6 is 0 Å². The van der Waals surface area contributed by atoms with Crippen molar-refractivity contribution in [2.24, 2.45) is 0 Å². The maximum Gasteiger partial charge on any atom is 0.342 e. The normalized spacial score (nSPS) is 10.0. The van der Waals surface area contributed by atoms with Crippen LogP contribution in [-0.4, -0.2) is 39.8 Å². The van der Waals surface area contributed by atoms with Crippen molar-refractivity contribution in [3.8, 4) is 17.2 Å². The van der Waals surface area contributed by atoms with Crippen molar-refractivity contribution in [3.05, 3.63) is 41.9 Å². The second kappa shape index (κ2) is 8.62. The van der Waals surface area contributed by atoms with E-state index in [1.807, 2.05) is 0 Å². The van der Waals surface area contributed by atoms with E-state index in [1.165, 1.54) is 39.7 Å². The molecule has 1 heterocycles. The van der Waals surface area contributed by atoms with Gasteiger partial charge >= 0.3 is 5.97 Å². The molecule has 0 atom stereocenters. The van der Waals surface area contributed by atoms with Gasteiger partial charge in [-0.1, -0.05) is 0 Å². The molecular weight excluding hydrogens is 330 g/mol. The lowest BCUT2D eigenvalue weighted by atomic mass is 10.1. The number of hydrogen-bond donors (Lipinski definition) is 1. The highest BCUT2D eigenvalue weighted by Crippen LogP contribution is 2.34. The van der Waals surface area contributed by atoms with Gasteiger partial charge in [0, 0.05) is 12.1 Å². The Morgan fingerprint density at radius 1 is 1.04 bits per heavy atom. The number of carbonyl (C=O) groups is 2. The van der Waals surface area contributed by atoms with Crippen LogP contribution in [-0.2, 0) is 16.1 Å². The third-order valence-electron chi connectivity index (χ3n) is 3.30. The van der Waals surface area contributed by atoms with Crippen molar-refractivity contribution in [1.29, 1.82) is 0 Å². The smallest absolute Gasteiger partial charge is 0.342 e. The second-order valence-electron chi connectivity index (χ2n) is 4.84. The zero-order valence-corrected chi connectivity index (χ0v) is 14.2. The molecule has 0 bridgehead atoms. The monoisotopic (exact) mass is 349 g/mol. The van der Waals surface area contributed by atoms with E-state index in [-0.39, 0.29) is 17.9 Å². The maximum atomic E-state index is 12.2. The van der Waals surface area contributed by atoms with Crippen molar-refractivity contribution in [2.75, 3.05) is 27.9 Å². The van der Waals surface area contributed by atoms with E-state index in [4.69, 9.17) is 23.4 Å². The van der Waals surface area contributed by atoms with Crippen LogP contribution in [0.5, 0.6) is 17.2 Å². The standard InChI is InChI=1S/C17H19NO7/c1-21-13-8-15(23-3)14(22-2)7-12(13)17(20)25-10-16(19)18-9-11-5-4-6-24-11/h4-8H,9-10H2,1-3H3,(H,18,19). The van der Waals surface area contributed by atoms with Gasteiger partial charge in [0.2, 0.25) is 0 Å². The summed E-state index contributed by atoms with van der Waals surface area (Å²) in [7, 11) is 4.33. The molecule has 0 saturated heterocycles. The van der Waals surface area contributed by atoms with Gasteiger partial charge in [-0.05, 0) is 12.1 Å². The van der Waals surface area contributed by atoms with Gasteiger partial charge in [-0.25, -0.2) is 4.79 Å². The van der Waals surface area contributed by atoms with Crippen LogP contribution in [0.3, 0.4) is 0 Å². The van der Waals surface area contributed by atoms with Crippen LogP contribution in [0, 0.1) is 0 Å². The molecule has 1 N–H and O–H groups in total. The first kappa shape index (κ1) is 18.2. The highest BCUT2D eigenvalue weighted by Gasteiger charge is 2.19. The Hall–Kier alpha value is -3.16. The van der Waals surface area contributed by atoms with Crippen molar-refractivity contribution < 1.29 is 33.0 Å². The number of furan rings is 1. The minimum Gasteiger partial charge on any atom is -0.496 e. The Kier molecular flexibility index (Phi) is 6.27. The molecular formula is C17H19NO7. The molecule has 25 heavy (non-hydrogen) atoms. The molecule has 2 aromatic rings. The molecule has 0 radical (unpaired) electrons. The highest BCUT2D eigenvalue weighted by molar-refractivity contribution is 5.95. The summed E-state index contributed by atoms with van der Waals surface area (Å²) in [6.45, 7) is -0.222. The van der Waals surface area contributed by atoms with Gasteiger partial charge in [-0.2, -0.15) is 0 Å². The lowest BCUT2D eigenvalue weighted by Gasteiger charge is -2.13. The molecule has 1 aromatic heterocycles. The summed E-state index contributed by atoms with van der Waals surface area (Å²) in [4.78, 5) is 24.0. The summed E-state index contributed by atoms with van der Waals surface area (Å²) in [6.07, 6.45) is 1.50. The van der Waals surface area contributed by atoms with Crippen molar-refractivity contribution in [3.63, 3.8) is 0 Å². The molecule has 8 heteroatoms. The largest absolute Gasteiger partial charge is 0.496 e. The summed E-state index contributed by atoms with van der Waals surface area (Å²) in [5.41, 5.74) is 0.124. The number of ether oxygens (including phenoxy) is 4. The fourth-order valence-electron chi connectivity index (χ4n) is 2.05. The van der Waals surface area contributed by atoms with Gasteiger partial charge in [0.1, 0.15) is 17.1 Å². The quantitative estimate of drug-likeness (QED) is 0.726. The average molecular weight is 349 g/mol. The predicted octanol–water partition coefficient (Wildman–Crippen LogP) is 1.78. The van der Waals surface area contributed by atoms with Gasteiger partial charge in [-0.3, -0.25) is 4.79 Å². The maximum absolute atomic E-state index is 12.2. The lowest BCUT2D eigenvalue weighted by molar-refractivity contribution is -0.124. The second-order valence-corrected chi connectivity index (χ2v) is 4.84.